The number of methoxy groups -OCH3 is 1. The van der Waals surface area contributed by atoms with Crippen molar-refractivity contribution in [3.05, 3.63) is 53.5 Å². The van der Waals surface area contributed by atoms with E-state index >= 15 is 0 Å². The molecule has 0 aromatic carbocycles. The highest BCUT2D eigenvalue weighted by Crippen LogP contribution is 2.30. The lowest BCUT2D eigenvalue weighted by Gasteiger charge is -2.28. The van der Waals surface area contributed by atoms with E-state index in [9.17, 15) is 4.79 Å². The average molecular weight is 381 g/mol. The molecule has 0 fully saturated rings. The lowest BCUT2D eigenvalue weighted by Crippen LogP contribution is -2.36. The minimum absolute atomic E-state index is 0.0138. The Morgan fingerprint density at radius 1 is 1.36 bits per heavy atom. The summed E-state index contributed by atoms with van der Waals surface area (Å²) in [6.45, 7) is 4.52. The van der Waals surface area contributed by atoms with Crippen LogP contribution in [0.1, 0.15) is 33.6 Å². The van der Waals surface area contributed by atoms with E-state index in [0.717, 1.165) is 41.9 Å². The predicted molar refractivity (Wildman–Crippen MR) is 102 cm³/mol. The third-order valence-electron chi connectivity index (χ3n) is 4.94. The van der Waals surface area contributed by atoms with Gasteiger partial charge in [0.15, 0.2) is 6.39 Å². The molecule has 1 aliphatic rings. The third-order valence-corrected chi connectivity index (χ3v) is 4.94. The number of nitrogens with zero attached hydrogens (tertiary/aromatic N) is 5. The van der Waals surface area contributed by atoms with Crippen molar-refractivity contribution in [2.24, 2.45) is 0 Å². The van der Waals surface area contributed by atoms with Crippen LogP contribution in [0.5, 0.6) is 0 Å². The monoisotopic (exact) mass is 381 g/mol. The highest BCUT2D eigenvalue weighted by Gasteiger charge is 2.29. The molecule has 0 bridgehead atoms. The summed E-state index contributed by atoms with van der Waals surface area (Å²) < 4.78 is 12.3. The van der Waals surface area contributed by atoms with Gasteiger partial charge >= 0.3 is 0 Å². The maximum absolute atomic E-state index is 13.0. The zero-order valence-electron chi connectivity index (χ0n) is 16.1. The first-order chi connectivity index (χ1) is 13.7. The van der Waals surface area contributed by atoms with Crippen LogP contribution < -0.4 is 0 Å². The normalized spacial score (nSPS) is 13.6. The number of aryl methyl sites for hydroxylation is 2. The molecule has 1 amide bonds. The maximum atomic E-state index is 13.0. The Bertz CT molecular complexity index is 964. The summed E-state index contributed by atoms with van der Waals surface area (Å²) >= 11 is 0. The topological polar surface area (TPSA) is 86.3 Å². The Labute approximate surface area is 163 Å². The van der Waals surface area contributed by atoms with E-state index in [4.69, 9.17) is 14.3 Å². The van der Waals surface area contributed by atoms with Crippen LogP contribution in [0.4, 0.5) is 0 Å². The number of amides is 1. The van der Waals surface area contributed by atoms with Crippen molar-refractivity contribution in [3.63, 3.8) is 0 Å². The molecule has 4 heterocycles. The summed E-state index contributed by atoms with van der Waals surface area (Å²) in [6, 6.07) is 1.87. The molecule has 0 spiro atoms. The standard InChI is InChI=1S/C20H23N5O3/c1-14-8-15(10-21-9-14)20(26)24-6-4-18-16(11-24)19(17-12-28-13-22-17)23-25(18)5-3-7-27-2/h8-10,12-13H,3-7,11H2,1-2H3. The zero-order valence-corrected chi connectivity index (χ0v) is 16.1. The van der Waals surface area contributed by atoms with Crippen molar-refractivity contribution in [1.82, 2.24) is 24.6 Å². The smallest absolute Gasteiger partial charge is 0.255 e. The molecule has 0 aliphatic carbocycles. The van der Waals surface area contributed by atoms with Crippen molar-refractivity contribution in [3.8, 4) is 11.4 Å². The molecule has 4 rings (SSSR count). The Balaban J connectivity index is 1.64. The number of oxazole rings is 1. The fourth-order valence-corrected chi connectivity index (χ4v) is 3.60. The molecule has 1 aliphatic heterocycles. The van der Waals surface area contributed by atoms with E-state index in [0.29, 0.717) is 31.0 Å². The SMILES string of the molecule is COCCCn1nc(-c2cocn2)c2c1CCN(C(=O)c1cncc(C)c1)C2. The van der Waals surface area contributed by atoms with Crippen molar-refractivity contribution >= 4 is 5.91 Å². The Morgan fingerprint density at radius 2 is 2.25 bits per heavy atom. The van der Waals surface area contributed by atoms with Gasteiger partial charge in [-0.2, -0.15) is 5.10 Å². The Kier molecular flexibility index (Phi) is 5.21. The van der Waals surface area contributed by atoms with Gasteiger partial charge in [0.2, 0.25) is 0 Å². The molecule has 0 saturated carbocycles. The third kappa shape index (κ3) is 3.55. The van der Waals surface area contributed by atoms with Crippen LogP contribution in [0.25, 0.3) is 11.4 Å². The van der Waals surface area contributed by atoms with Crippen molar-refractivity contribution in [1.29, 1.82) is 0 Å². The Morgan fingerprint density at radius 3 is 3.00 bits per heavy atom. The van der Waals surface area contributed by atoms with Gasteiger partial charge in [-0.25, -0.2) is 4.98 Å². The van der Waals surface area contributed by atoms with Crippen molar-refractivity contribution in [2.75, 3.05) is 20.3 Å². The molecular formula is C20H23N5O3. The van der Waals surface area contributed by atoms with Gasteiger partial charge in [-0.3, -0.25) is 14.5 Å². The number of rotatable bonds is 6. The van der Waals surface area contributed by atoms with Crippen LogP contribution in [-0.4, -0.2) is 50.8 Å². The molecule has 0 saturated heterocycles. The molecule has 0 radical (unpaired) electrons. The minimum Gasteiger partial charge on any atom is -0.451 e. The second-order valence-electron chi connectivity index (χ2n) is 6.94. The molecule has 3 aromatic heterocycles. The molecule has 28 heavy (non-hydrogen) atoms. The zero-order chi connectivity index (χ0) is 19.5. The summed E-state index contributed by atoms with van der Waals surface area (Å²) in [4.78, 5) is 23.2. The van der Waals surface area contributed by atoms with Gasteiger partial charge in [0.05, 0.1) is 12.1 Å². The van der Waals surface area contributed by atoms with Gasteiger partial charge in [0.1, 0.15) is 17.7 Å². The van der Waals surface area contributed by atoms with E-state index in [-0.39, 0.29) is 5.91 Å². The quantitative estimate of drug-likeness (QED) is 0.610. The number of aromatic nitrogens is 4. The number of carbonyl (C=O) groups excluding carboxylic acids is 1. The Hall–Kier alpha value is -3.00. The van der Waals surface area contributed by atoms with Gasteiger partial charge in [-0.05, 0) is 25.0 Å². The van der Waals surface area contributed by atoms with Crippen LogP contribution in [0, 0.1) is 6.92 Å². The van der Waals surface area contributed by atoms with Crippen LogP contribution in [-0.2, 0) is 24.2 Å². The first kappa shape index (κ1) is 18.4. The second-order valence-corrected chi connectivity index (χ2v) is 6.94. The number of ether oxygens (including phenoxy) is 1. The molecule has 3 aromatic rings. The van der Waals surface area contributed by atoms with E-state index in [2.05, 4.69) is 9.97 Å². The van der Waals surface area contributed by atoms with Crippen molar-refractivity contribution < 1.29 is 13.9 Å². The van der Waals surface area contributed by atoms with E-state index in [1.54, 1.807) is 25.8 Å². The van der Waals surface area contributed by atoms with Gasteiger partial charge in [0.25, 0.3) is 5.91 Å². The molecule has 8 nitrogen and oxygen atoms in total. The molecule has 146 valence electrons. The van der Waals surface area contributed by atoms with Crippen LogP contribution in [0.15, 0.2) is 35.5 Å². The van der Waals surface area contributed by atoms with Crippen LogP contribution in [0.3, 0.4) is 0 Å². The molecule has 8 heteroatoms. The summed E-state index contributed by atoms with van der Waals surface area (Å²) in [5.41, 5.74) is 5.23. The largest absolute Gasteiger partial charge is 0.451 e. The van der Waals surface area contributed by atoms with Gasteiger partial charge in [-0.1, -0.05) is 0 Å². The number of fused-ring (bicyclic) bond motifs is 1. The van der Waals surface area contributed by atoms with Gasteiger partial charge in [-0.15, -0.1) is 0 Å². The van der Waals surface area contributed by atoms with Crippen LogP contribution in [0.2, 0.25) is 0 Å². The molecular weight excluding hydrogens is 358 g/mol. The lowest BCUT2D eigenvalue weighted by atomic mass is 10.0. The highest BCUT2D eigenvalue weighted by atomic mass is 16.5. The number of hydrogen-bond acceptors (Lipinski definition) is 6. The lowest BCUT2D eigenvalue weighted by molar-refractivity contribution is 0.0733. The fraction of sp³-hybridized carbons (Fsp3) is 0.400. The average Bonchev–Trinajstić information content (AvgIpc) is 3.35. The molecule has 0 N–H and O–H groups in total. The van der Waals surface area contributed by atoms with Crippen LogP contribution >= 0.6 is 0 Å². The van der Waals surface area contributed by atoms with E-state index in [1.807, 2.05) is 22.6 Å². The number of pyridine rings is 1. The van der Waals surface area contributed by atoms with Gasteiger partial charge < -0.3 is 14.1 Å². The van der Waals surface area contributed by atoms with Crippen molar-refractivity contribution in [2.45, 2.75) is 32.9 Å². The van der Waals surface area contributed by atoms with E-state index < -0.39 is 0 Å². The first-order valence-corrected chi connectivity index (χ1v) is 9.34. The van der Waals surface area contributed by atoms with E-state index in [1.165, 1.54) is 6.39 Å². The minimum atomic E-state index is -0.0138. The first-order valence-electron chi connectivity index (χ1n) is 9.34. The molecule has 0 atom stereocenters. The molecule has 0 unspecified atom stereocenters. The summed E-state index contributed by atoms with van der Waals surface area (Å²) in [5.74, 6) is -0.0138. The summed E-state index contributed by atoms with van der Waals surface area (Å²) in [6.07, 6.45) is 7.98. The fourth-order valence-electron chi connectivity index (χ4n) is 3.60. The number of carbonyl (C=O) groups is 1. The summed E-state index contributed by atoms with van der Waals surface area (Å²) in [7, 11) is 1.70. The van der Waals surface area contributed by atoms with Gasteiger partial charge in [0, 0.05) is 56.9 Å². The highest BCUT2D eigenvalue weighted by molar-refractivity contribution is 5.94. The second kappa shape index (κ2) is 7.93. The number of hydrogen-bond donors (Lipinski definition) is 0. The predicted octanol–water partition coefficient (Wildman–Crippen LogP) is 2.48. The maximum Gasteiger partial charge on any atom is 0.255 e. The summed E-state index contributed by atoms with van der Waals surface area (Å²) in [5, 5.41) is 4.78.